The first-order valence-electron chi connectivity index (χ1n) is 6.08. The molecule has 2 aromatic rings. The Bertz CT molecular complexity index is 554. The summed E-state index contributed by atoms with van der Waals surface area (Å²) in [5, 5.41) is 14.3. The maximum Gasteiger partial charge on any atom is 0.137 e. The Balaban J connectivity index is 0.00000180. The Morgan fingerprint density at radius 2 is 2.00 bits per heavy atom. The molecule has 0 aliphatic carbocycles. The second-order valence-electron chi connectivity index (χ2n) is 4.87. The minimum absolute atomic E-state index is 0. The van der Waals surface area contributed by atoms with Crippen LogP contribution in [0.2, 0.25) is 0 Å². The smallest absolute Gasteiger partial charge is 0.137 e. The van der Waals surface area contributed by atoms with Gasteiger partial charge in [-0.2, -0.15) is 0 Å². The number of aryl methyl sites for hydroxylation is 1. The highest BCUT2D eigenvalue weighted by atomic mass is 79.9. The van der Waals surface area contributed by atoms with Crippen LogP contribution in [0.5, 0.6) is 0 Å². The maximum atomic E-state index is 10.1. The van der Waals surface area contributed by atoms with E-state index < -0.39 is 6.10 Å². The molecular formula is C14H19BrClNO2. The van der Waals surface area contributed by atoms with Gasteiger partial charge < -0.3 is 14.8 Å². The quantitative estimate of drug-likeness (QED) is 0.879. The normalized spacial score (nSPS) is 12.7. The Labute approximate surface area is 127 Å². The molecule has 19 heavy (non-hydrogen) atoms. The molecule has 3 nitrogen and oxygen atoms in total. The fourth-order valence-corrected chi connectivity index (χ4v) is 2.51. The van der Waals surface area contributed by atoms with Gasteiger partial charge in [0.2, 0.25) is 0 Å². The summed E-state index contributed by atoms with van der Waals surface area (Å²) in [5.74, 6) is 0.611. The lowest BCUT2D eigenvalue weighted by Gasteiger charge is -2.11. The van der Waals surface area contributed by atoms with Gasteiger partial charge >= 0.3 is 0 Å². The fraction of sp³-hybridized carbons (Fsp3) is 0.429. The molecule has 1 aromatic heterocycles. The first kappa shape index (κ1) is 16.5. The number of nitrogens with one attached hydrogen (secondary N) is 1. The summed E-state index contributed by atoms with van der Waals surface area (Å²) in [4.78, 5) is 0. The number of halogens is 2. The zero-order valence-electron chi connectivity index (χ0n) is 11.2. The van der Waals surface area contributed by atoms with Gasteiger partial charge in [0.25, 0.3) is 0 Å². The molecule has 0 fully saturated rings. The number of hydrogen-bond donors (Lipinski definition) is 2. The van der Waals surface area contributed by atoms with Crippen molar-refractivity contribution in [1.82, 2.24) is 5.32 Å². The molecule has 2 N–H and O–H groups in total. The molecule has 1 atom stereocenters. The lowest BCUT2D eigenvalue weighted by molar-refractivity contribution is 0.147. The highest BCUT2D eigenvalue weighted by Gasteiger charge is 2.15. The Hall–Kier alpha value is -0.550. The van der Waals surface area contributed by atoms with Crippen LogP contribution in [0.1, 0.15) is 31.3 Å². The van der Waals surface area contributed by atoms with E-state index in [1.165, 1.54) is 0 Å². The predicted molar refractivity (Wildman–Crippen MR) is 84.0 cm³/mol. The number of aliphatic hydroxyl groups is 1. The number of hydrogen-bond acceptors (Lipinski definition) is 3. The summed E-state index contributed by atoms with van der Waals surface area (Å²) in [7, 11) is 0. The van der Waals surface area contributed by atoms with Crippen LogP contribution >= 0.6 is 28.3 Å². The molecule has 0 aliphatic rings. The molecule has 5 heteroatoms. The van der Waals surface area contributed by atoms with Gasteiger partial charge in [-0.3, -0.25) is 0 Å². The average Bonchev–Trinajstić information content (AvgIpc) is 2.69. The molecule has 106 valence electrons. The van der Waals surface area contributed by atoms with Gasteiger partial charge in [0.15, 0.2) is 0 Å². The van der Waals surface area contributed by atoms with Gasteiger partial charge in [-0.05, 0) is 30.7 Å². The second-order valence-corrected chi connectivity index (χ2v) is 5.78. The molecule has 1 aromatic carbocycles. The molecule has 1 heterocycles. The molecule has 0 radical (unpaired) electrons. The highest BCUT2D eigenvalue weighted by molar-refractivity contribution is 9.10. The van der Waals surface area contributed by atoms with Crippen LogP contribution < -0.4 is 5.32 Å². The standard InChI is InChI=1S/C14H18BrNO2.ClH/c1-8(2)16-7-12(17)13-6-10-5-11(15)4-9(3)14(10)18-13;/h4-6,8,12,16-17H,7H2,1-3H3;1H. The van der Waals surface area contributed by atoms with Crippen LogP contribution in [0.4, 0.5) is 0 Å². The van der Waals surface area contributed by atoms with Crippen molar-refractivity contribution >= 4 is 39.3 Å². The molecule has 1 unspecified atom stereocenters. The lowest BCUT2D eigenvalue weighted by atomic mass is 10.1. The van der Waals surface area contributed by atoms with Crippen molar-refractivity contribution in [3.63, 3.8) is 0 Å². The Morgan fingerprint density at radius 1 is 1.32 bits per heavy atom. The van der Waals surface area contributed by atoms with Crippen molar-refractivity contribution in [3.8, 4) is 0 Å². The number of fused-ring (bicyclic) bond motifs is 1. The number of aliphatic hydroxyl groups excluding tert-OH is 1. The first-order chi connectivity index (χ1) is 8.47. The van der Waals surface area contributed by atoms with Crippen LogP contribution in [0.15, 0.2) is 27.1 Å². The predicted octanol–water partition coefficient (Wildman–Crippen LogP) is 3.96. The van der Waals surface area contributed by atoms with E-state index >= 15 is 0 Å². The topological polar surface area (TPSA) is 45.4 Å². The third kappa shape index (κ3) is 3.96. The summed E-state index contributed by atoms with van der Waals surface area (Å²) in [6, 6.07) is 6.26. The third-order valence-corrected chi connectivity index (χ3v) is 3.29. The summed E-state index contributed by atoms with van der Waals surface area (Å²) in [5.41, 5.74) is 1.91. The zero-order chi connectivity index (χ0) is 13.3. The molecule has 2 rings (SSSR count). The largest absolute Gasteiger partial charge is 0.458 e. The number of rotatable bonds is 4. The van der Waals surface area contributed by atoms with Gasteiger partial charge in [0.05, 0.1) is 0 Å². The van der Waals surface area contributed by atoms with Crippen molar-refractivity contribution in [1.29, 1.82) is 0 Å². The van der Waals surface area contributed by atoms with E-state index in [4.69, 9.17) is 4.42 Å². The maximum absolute atomic E-state index is 10.1. The monoisotopic (exact) mass is 347 g/mol. The van der Waals surface area contributed by atoms with E-state index in [0.29, 0.717) is 18.3 Å². The molecular weight excluding hydrogens is 330 g/mol. The number of benzene rings is 1. The first-order valence-corrected chi connectivity index (χ1v) is 6.87. The summed E-state index contributed by atoms with van der Waals surface area (Å²) in [6.45, 7) is 6.59. The van der Waals surface area contributed by atoms with Crippen LogP contribution in [0.25, 0.3) is 11.0 Å². The van der Waals surface area contributed by atoms with E-state index in [-0.39, 0.29) is 12.4 Å². The third-order valence-electron chi connectivity index (χ3n) is 2.83. The van der Waals surface area contributed by atoms with Crippen LogP contribution in [0, 0.1) is 6.92 Å². The zero-order valence-corrected chi connectivity index (χ0v) is 13.6. The van der Waals surface area contributed by atoms with Crippen molar-refractivity contribution in [2.75, 3.05) is 6.54 Å². The molecule has 0 amide bonds. The average molecular weight is 349 g/mol. The summed E-state index contributed by atoms with van der Waals surface area (Å²) in [6.07, 6.45) is -0.613. The van der Waals surface area contributed by atoms with E-state index in [1.807, 2.05) is 39.0 Å². The SMILES string of the molecule is Cc1cc(Br)cc2cc(C(O)CNC(C)C)oc12.Cl. The Morgan fingerprint density at radius 3 is 2.63 bits per heavy atom. The molecule has 0 aliphatic heterocycles. The van der Waals surface area contributed by atoms with Gasteiger partial charge in [-0.25, -0.2) is 0 Å². The van der Waals surface area contributed by atoms with Crippen molar-refractivity contribution in [2.24, 2.45) is 0 Å². The van der Waals surface area contributed by atoms with Gasteiger partial charge in [-0.15, -0.1) is 12.4 Å². The fourth-order valence-electron chi connectivity index (χ4n) is 1.92. The van der Waals surface area contributed by atoms with Crippen molar-refractivity contribution in [2.45, 2.75) is 32.9 Å². The number of furan rings is 1. The van der Waals surface area contributed by atoms with Gasteiger partial charge in [-0.1, -0.05) is 29.8 Å². The molecule has 0 spiro atoms. The van der Waals surface area contributed by atoms with E-state index in [2.05, 4.69) is 21.2 Å². The summed E-state index contributed by atoms with van der Waals surface area (Å²) < 4.78 is 6.76. The van der Waals surface area contributed by atoms with Crippen LogP contribution in [-0.4, -0.2) is 17.7 Å². The Kier molecular flexibility index (Phi) is 5.86. The van der Waals surface area contributed by atoms with Crippen molar-refractivity contribution in [3.05, 3.63) is 34.0 Å². The van der Waals surface area contributed by atoms with Crippen LogP contribution in [0.3, 0.4) is 0 Å². The minimum Gasteiger partial charge on any atom is -0.458 e. The van der Waals surface area contributed by atoms with E-state index in [0.717, 1.165) is 21.0 Å². The molecule has 0 saturated carbocycles. The summed E-state index contributed by atoms with van der Waals surface area (Å²) >= 11 is 3.46. The second kappa shape index (κ2) is 6.75. The van der Waals surface area contributed by atoms with Gasteiger partial charge in [0, 0.05) is 22.4 Å². The molecule has 0 bridgehead atoms. The minimum atomic E-state index is -0.613. The highest BCUT2D eigenvalue weighted by Crippen LogP contribution is 2.29. The van der Waals surface area contributed by atoms with E-state index in [9.17, 15) is 5.11 Å². The lowest BCUT2D eigenvalue weighted by Crippen LogP contribution is -2.27. The van der Waals surface area contributed by atoms with E-state index in [1.54, 1.807) is 0 Å². The van der Waals surface area contributed by atoms with Crippen molar-refractivity contribution < 1.29 is 9.52 Å². The van der Waals surface area contributed by atoms with Crippen LogP contribution in [-0.2, 0) is 0 Å². The molecule has 0 saturated heterocycles. The van der Waals surface area contributed by atoms with Gasteiger partial charge in [0.1, 0.15) is 17.4 Å².